The van der Waals surface area contributed by atoms with E-state index in [4.69, 9.17) is 9.47 Å². The lowest BCUT2D eigenvalue weighted by molar-refractivity contribution is 0.404. The highest BCUT2D eigenvalue weighted by atomic mass is 32.2. The highest BCUT2D eigenvalue weighted by molar-refractivity contribution is 7.97. The number of hydrogen-bond acceptors (Lipinski definition) is 6. The van der Waals surface area contributed by atoms with Gasteiger partial charge in [0.15, 0.2) is 30.2 Å². The van der Waals surface area contributed by atoms with Gasteiger partial charge >= 0.3 is 0 Å². The number of phenolic OH excluding ortho intramolecular Hbond substituents is 4. The molecule has 59 heavy (non-hydrogen) atoms. The van der Waals surface area contributed by atoms with Crippen molar-refractivity contribution in [2.24, 2.45) is 0 Å². The van der Waals surface area contributed by atoms with Crippen LogP contribution in [0, 0.1) is 0 Å². The lowest BCUT2D eigenvalue weighted by Crippen LogP contribution is -2.29. The zero-order valence-corrected chi connectivity index (χ0v) is 33.9. The first-order chi connectivity index (χ1) is 28.8. The quantitative estimate of drug-likeness (QED) is 0.103. The number of methoxy groups -OCH3 is 2. The first-order valence-corrected chi connectivity index (χ1v) is 21.5. The van der Waals surface area contributed by atoms with Crippen LogP contribution in [0.3, 0.4) is 0 Å². The largest absolute Gasteiger partial charge is 0.508 e. The summed E-state index contributed by atoms with van der Waals surface area (Å²) < 4.78 is 11.8. The van der Waals surface area contributed by atoms with Crippen LogP contribution in [-0.4, -0.2) is 34.6 Å². The molecule has 0 aliphatic heterocycles. The fourth-order valence-electron chi connectivity index (χ4n) is 8.24. The maximum Gasteiger partial charge on any atom is 0.208 e. The fraction of sp³-hybridized carbons (Fsp3) is 0.0588. The van der Waals surface area contributed by atoms with Gasteiger partial charge in [-0.15, -0.1) is 0 Å². The number of fused-ring (bicyclic) bond motifs is 3. The third-order valence-corrected chi connectivity index (χ3v) is 15.3. The van der Waals surface area contributed by atoms with E-state index in [0.29, 0.717) is 5.75 Å². The lowest BCUT2D eigenvalue weighted by Gasteiger charge is -2.34. The Kier molecular flexibility index (Phi) is 9.97. The van der Waals surface area contributed by atoms with Gasteiger partial charge in [-0.05, 0) is 155 Å². The molecule has 2 atom stereocenters. The topological polar surface area (TPSA) is 99.4 Å². The van der Waals surface area contributed by atoms with Crippen LogP contribution in [0.2, 0.25) is 0 Å². The second-order valence-electron chi connectivity index (χ2n) is 14.2. The average molecular weight is 813 g/mol. The molecular formula is C51H40O6S2+2. The molecule has 8 aromatic carbocycles. The maximum absolute atomic E-state index is 10.8. The van der Waals surface area contributed by atoms with Crippen molar-refractivity contribution in [2.75, 3.05) is 14.2 Å². The molecule has 0 spiro atoms. The van der Waals surface area contributed by atoms with Gasteiger partial charge in [0.25, 0.3) is 0 Å². The van der Waals surface area contributed by atoms with Gasteiger partial charge in [-0.3, -0.25) is 0 Å². The van der Waals surface area contributed by atoms with E-state index < -0.39 is 27.2 Å². The van der Waals surface area contributed by atoms with Gasteiger partial charge in [-0.1, -0.05) is 48.5 Å². The van der Waals surface area contributed by atoms with Crippen LogP contribution in [-0.2, 0) is 27.2 Å². The smallest absolute Gasteiger partial charge is 0.208 e. The van der Waals surface area contributed by atoms with Crippen molar-refractivity contribution in [3.63, 3.8) is 0 Å². The molecular weight excluding hydrogens is 773 g/mol. The van der Waals surface area contributed by atoms with Crippen molar-refractivity contribution >= 4 is 21.8 Å². The Morgan fingerprint density at radius 2 is 0.932 bits per heavy atom. The molecule has 0 heterocycles. The van der Waals surface area contributed by atoms with Crippen molar-refractivity contribution in [1.82, 2.24) is 0 Å². The maximum atomic E-state index is 10.8. The molecule has 0 saturated carbocycles. The molecule has 0 saturated heterocycles. The van der Waals surface area contributed by atoms with Gasteiger partial charge in [0.1, 0.15) is 39.6 Å². The predicted octanol–water partition coefficient (Wildman–Crippen LogP) is 11.1. The van der Waals surface area contributed by atoms with Crippen LogP contribution >= 0.6 is 0 Å². The van der Waals surface area contributed by atoms with E-state index in [9.17, 15) is 20.4 Å². The molecule has 8 heteroatoms. The third-order valence-electron chi connectivity index (χ3n) is 10.9. The Morgan fingerprint density at radius 1 is 0.390 bits per heavy atom. The average Bonchev–Trinajstić information content (AvgIpc) is 3.56. The molecule has 1 aliphatic carbocycles. The normalized spacial score (nSPS) is 14.7. The summed E-state index contributed by atoms with van der Waals surface area (Å²) in [7, 11) is 1.97. The number of ether oxygens (including phenoxy) is 2. The minimum absolute atomic E-state index is 0.160. The van der Waals surface area contributed by atoms with Crippen LogP contribution in [0.1, 0.15) is 22.3 Å². The van der Waals surface area contributed by atoms with Crippen LogP contribution in [0.4, 0.5) is 0 Å². The SMILES string of the molecule is COc1ccc(C2(c3ccc(OC)c([S+](c4ccc(O)cc4)c4cccc(O)c4)c3)c3ccccc3-c3ccc([S+](c4ccc(O)cc4)c4ccc(O)cc4)cc32)cc1. The highest BCUT2D eigenvalue weighted by Gasteiger charge is 2.48. The predicted molar refractivity (Wildman–Crippen MR) is 234 cm³/mol. The van der Waals surface area contributed by atoms with Crippen molar-refractivity contribution in [3.05, 3.63) is 204 Å². The molecule has 1 aliphatic rings. The standard InChI is InChI=1S/C51H38O6S2/c1-56-39-19-10-33(11-20-39)51(34-12-29-49(57-2)50(30-34)59(42-25-17-37(54)18-26-42)43-7-5-6-38(55)31-43)47-9-4-3-8-45(47)46-28-27-44(32-48(46)51)58(40-21-13-35(52)14-22-40)41-23-15-36(53)16-24-41/h3-32H,1-2H3,(H2-2,52,53,54,55)/p+2. The summed E-state index contributed by atoms with van der Waals surface area (Å²) in [5, 5.41) is 41.7. The van der Waals surface area contributed by atoms with Gasteiger partial charge in [-0.2, -0.15) is 0 Å². The van der Waals surface area contributed by atoms with Crippen molar-refractivity contribution in [2.45, 2.75) is 34.8 Å². The van der Waals surface area contributed by atoms with Crippen LogP contribution in [0.5, 0.6) is 34.5 Å². The zero-order valence-electron chi connectivity index (χ0n) is 32.2. The number of phenols is 4. The zero-order chi connectivity index (χ0) is 40.7. The molecule has 8 aromatic rings. The second kappa shape index (κ2) is 15.5. The molecule has 4 N–H and O–H groups in total. The molecule has 0 amide bonds. The number of rotatable bonds is 10. The minimum Gasteiger partial charge on any atom is -0.508 e. The van der Waals surface area contributed by atoms with Gasteiger partial charge in [0.05, 0.1) is 30.5 Å². The van der Waals surface area contributed by atoms with Gasteiger partial charge < -0.3 is 29.9 Å². The van der Waals surface area contributed by atoms with Crippen LogP contribution in [0.15, 0.2) is 211 Å². The molecule has 290 valence electrons. The Morgan fingerprint density at radius 3 is 1.53 bits per heavy atom. The lowest BCUT2D eigenvalue weighted by atomic mass is 9.67. The molecule has 0 fully saturated rings. The summed E-state index contributed by atoms with van der Waals surface area (Å²) in [5.41, 5.74) is 5.72. The van der Waals surface area contributed by atoms with Crippen molar-refractivity contribution in [3.8, 4) is 45.6 Å². The van der Waals surface area contributed by atoms with Crippen LogP contribution in [0.25, 0.3) is 11.1 Å². The summed E-state index contributed by atoms with van der Waals surface area (Å²) >= 11 is 0. The molecule has 0 bridgehead atoms. The van der Waals surface area contributed by atoms with Crippen LogP contribution < -0.4 is 9.47 Å². The molecule has 9 rings (SSSR count). The first-order valence-electron chi connectivity index (χ1n) is 19.0. The number of benzene rings is 8. The van der Waals surface area contributed by atoms with E-state index in [1.807, 2.05) is 66.7 Å². The van der Waals surface area contributed by atoms with E-state index in [1.165, 1.54) is 0 Å². The van der Waals surface area contributed by atoms with E-state index >= 15 is 0 Å². The Hall–Kier alpha value is -6.74. The molecule has 0 aromatic heterocycles. The summed E-state index contributed by atoms with van der Waals surface area (Å²) in [5.74, 6) is 2.16. The Labute approximate surface area is 349 Å². The van der Waals surface area contributed by atoms with Gasteiger partial charge in [-0.25, -0.2) is 0 Å². The van der Waals surface area contributed by atoms with E-state index in [1.54, 1.807) is 62.8 Å². The fourth-order valence-corrected chi connectivity index (χ4v) is 12.6. The first kappa shape index (κ1) is 37.8. The van der Waals surface area contributed by atoms with Crippen molar-refractivity contribution < 1.29 is 29.9 Å². The minimum atomic E-state index is -0.822. The summed E-state index contributed by atoms with van der Waals surface area (Å²) in [6.07, 6.45) is 0. The summed E-state index contributed by atoms with van der Waals surface area (Å²) in [6.45, 7) is 0. The van der Waals surface area contributed by atoms with Crippen molar-refractivity contribution in [1.29, 1.82) is 0 Å². The molecule has 0 radical (unpaired) electrons. The molecule has 6 nitrogen and oxygen atoms in total. The third kappa shape index (κ3) is 6.70. The highest BCUT2D eigenvalue weighted by Crippen LogP contribution is 2.58. The molecule has 2 unspecified atom stereocenters. The second-order valence-corrected chi connectivity index (χ2v) is 18.2. The summed E-state index contributed by atoms with van der Waals surface area (Å²) in [4.78, 5) is 5.88. The van der Waals surface area contributed by atoms with E-state index in [-0.39, 0.29) is 23.0 Å². The summed E-state index contributed by atoms with van der Waals surface area (Å²) in [6, 6.07) is 59.4. The van der Waals surface area contributed by atoms with E-state index in [2.05, 4.69) is 66.7 Å². The Balaban J connectivity index is 1.35. The monoisotopic (exact) mass is 812 g/mol. The Bertz CT molecular complexity index is 2740. The number of aromatic hydroxyl groups is 4. The van der Waals surface area contributed by atoms with Gasteiger partial charge in [0.2, 0.25) is 4.90 Å². The van der Waals surface area contributed by atoms with E-state index in [0.717, 1.165) is 68.5 Å². The number of hydrogen-bond donors (Lipinski definition) is 4. The van der Waals surface area contributed by atoms with Gasteiger partial charge in [0, 0.05) is 12.1 Å².